The summed E-state index contributed by atoms with van der Waals surface area (Å²) >= 11 is 0.887. The van der Waals surface area contributed by atoms with Gasteiger partial charge in [-0.1, -0.05) is 49.2 Å². The normalized spacial score (nSPS) is 18.8. The zero-order valence-electron chi connectivity index (χ0n) is 36.2. The van der Waals surface area contributed by atoms with E-state index in [1.54, 1.807) is 6.07 Å². The fraction of sp³-hybridized carbons (Fsp3) is 0.370. The maximum atomic E-state index is 12.0. The van der Waals surface area contributed by atoms with Gasteiger partial charge >= 0.3 is 0 Å². The van der Waals surface area contributed by atoms with Gasteiger partial charge in [0, 0.05) is 52.4 Å². The van der Waals surface area contributed by atoms with Crippen molar-refractivity contribution in [1.82, 2.24) is 0 Å². The molecule has 0 radical (unpaired) electrons. The minimum absolute atomic E-state index is 0.196. The lowest BCUT2D eigenvalue weighted by molar-refractivity contribution is -0.438. The van der Waals surface area contributed by atoms with Gasteiger partial charge in [-0.3, -0.25) is 13.7 Å². The van der Waals surface area contributed by atoms with E-state index in [1.165, 1.54) is 17.7 Å². The first-order chi connectivity index (χ1) is 30.0. The predicted molar refractivity (Wildman–Crippen MR) is 250 cm³/mol. The van der Waals surface area contributed by atoms with E-state index < -0.39 is 41.2 Å². The molecule has 0 bridgehead atoms. The zero-order valence-corrected chi connectivity index (χ0v) is 39.5. The molecule has 18 heteroatoms. The number of hydrogen-bond donors (Lipinski definition) is 4. The first kappa shape index (κ1) is 47.7. The maximum absolute atomic E-state index is 12.0. The molecule has 4 aromatic carbocycles. The monoisotopic (exact) mass is 953 g/mol. The molecule has 0 fully saturated rings. The molecule has 4 N–H and O–H groups in total. The van der Waals surface area contributed by atoms with Crippen LogP contribution in [-0.2, 0) is 50.6 Å². The number of nitrogens with zero attached hydrogens (tertiary/aromatic N) is 2. The molecule has 0 saturated carbocycles. The average Bonchev–Trinajstić information content (AvgIpc) is 3.75. The highest BCUT2D eigenvalue weighted by atomic mass is 32.2. The van der Waals surface area contributed by atoms with Gasteiger partial charge in [0.15, 0.2) is 5.71 Å². The summed E-state index contributed by atoms with van der Waals surface area (Å²) < 4.78 is 106. The topological polar surface area (TPSA) is 208 Å². The van der Waals surface area contributed by atoms with Crippen molar-refractivity contribution in [3.8, 4) is 0 Å². The molecule has 2 heterocycles. The third-order valence-corrected chi connectivity index (χ3v) is 15.7. The molecule has 4 aromatic rings. The van der Waals surface area contributed by atoms with Crippen molar-refractivity contribution in [3.63, 3.8) is 0 Å². The van der Waals surface area contributed by atoms with Gasteiger partial charge in [0.1, 0.15) is 6.54 Å². The van der Waals surface area contributed by atoms with Crippen LogP contribution < -0.4 is 4.90 Å². The van der Waals surface area contributed by atoms with Gasteiger partial charge in [0.25, 0.3) is 30.4 Å². The smallest absolute Gasteiger partial charge is 0.294 e. The Hall–Kier alpha value is -4.21. The number of anilines is 1. The highest BCUT2D eigenvalue weighted by Gasteiger charge is 2.46. The van der Waals surface area contributed by atoms with Gasteiger partial charge in [0.2, 0.25) is 5.69 Å². The molecular weight excluding hydrogens is 901 g/mol. The summed E-state index contributed by atoms with van der Waals surface area (Å²) in [6, 6.07) is 18.3. The summed E-state index contributed by atoms with van der Waals surface area (Å²) in [5.74, 6) is -0.666. The second-order valence-electron chi connectivity index (χ2n) is 17.5. The molecule has 64 heavy (non-hydrogen) atoms. The van der Waals surface area contributed by atoms with Gasteiger partial charge in [0.05, 0.1) is 33.9 Å². The fourth-order valence-corrected chi connectivity index (χ4v) is 11.7. The van der Waals surface area contributed by atoms with Gasteiger partial charge in [-0.15, -0.1) is 4.33 Å². The molecule has 0 unspecified atom stereocenters. The molecule has 0 spiro atoms. The second-order valence-corrected chi connectivity index (χ2v) is 22.9. The van der Waals surface area contributed by atoms with Crippen LogP contribution in [0.3, 0.4) is 0 Å². The van der Waals surface area contributed by atoms with Crippen LogP contribution >= 0.6 is 12.0 Å². The van der Waals surface area contributed by atoms with Crippen LogP contribution in [0.4, 0.5) is 11.4 Å². The molecule has 2 aliphatic heterocycles. The Morgan fingerprint density at radius 2 is 1.41 bits per heavy atom. The van der Waals surface area contributed by atoms with E-state index in [-0.39, 0.29) is 22.8 Å². The minimum atomic E-state index is -4.42. The molecule has 7 rings (SSSR count). The molecule has 14 nitrogen and oxygen atoms in total. The zero-order chi connectivity index (χ0) is 46.4. The molecule has 342 valence electrons. The minimum Gasteiger partial charge on any atom is -0.344 e. The van der Waals surface area contributed by atoms with Crippen molar-refractivity contribution in [2.75, 3.05) is 29.5 Å². The van der Waals surface area contributed by atoms with Crippen LogP contribution in [-0.4, -0.2) is 79.1 Å². The standard InChI is InChI=1S/C46H52N2O12S4/c1-30-31(14-22-41-45(2,3)43-37-18-16-35(61-60-59-49)28-33(37)12-20-39(43)47(41)24-6-8-26-62(50,51)52)10-11-32(30)15-23-42-46(4,5)44-38-19-17-36(64(56,57)58)29-34(38)13-21-40(44)48(42)25-7-9-27-63(53,54)55/h12-23,28-29H,6-11,24-27H2,1-5H3,(H3-,49,50,51,52,53,54,55,56,57,58)/p+1. The SMILES string of the molecule is CC1=C(C=CC2=[N+](CCCCS(=O)(=O)O)c3ccc4cc(SOOO)ccc4c3C2(C)C)CCC1=CC=C1N(CCCCS(=O)(=O)O)c2ccc3cc(S(=O)(=O)O)ccc3c2C1(C)C. The summed E-state index contributed by atoms with van der Waals surface area (Å²) in [5.41, 5.74) is 8.48. The van der Waals surface area contributed by atoms with Crippen molar-refractivity contribution in [3.05, 3.63) is 119 Å². The Kier molecular flexibility index (Phi) is 13.6. The highest BCUT2D eigenvalue weighted by molar-refractivity contribution is 7.94. The van der Waals surface area contributed by atoms with E-state index in [9.17, 15) is 38.9 Å². The molecule has 0 saturated heterocycles. The summed E-state index contributed by atoms with van der Waals surface area (Å²) in [6.07, 6.45) is 11.8. The molecule has 1 aliphatic carbocycles. The Morgan fingerprint density at radius 3 is 2.09 bits per heavy atom. The molecule has 3 aliphatic rings. The van der Waals surface area contributed by atoms with Crippen LogP contribution in [0.5, 0.6) is 0 Å². The van der Waals surface area contributed by atoms with Gasteiger partial charge in [-0.05, 0) is 139 Å². The van der Waals surface area contributed by atoms with Crippen LogP contribution in [0, 0.1) is 0 Å². The van der Waals surface area contributed by atoms with Crippen LogP contribution in [0.1, 0.15) is 84.3 Å². The number of fused-ring (bicyclic) bond motifs is 6. The number of rotatable bonds is 17. The number of benzene rings is 4. The second kappa shape index (κ2) is 18.2. The predicted octanol–water partition coefficient (Wildman–Crippen LogP) is 9.65. The molecule has 0 amide bonds. The first-order valence-corrected chi connectivity index (χ1v) is 26.3. The summed E-state index contributed by atoms with van der Waals surface area (Å²) in [4.78, 5) is 2.71. The lowest BCUT2D eigenvalue weighted by Gasteiger charge is -2.27. The Morgan fingerprint density at radius 1 is 0.750 bits per heavy atom. The van der Waals surface area contributed by atoms with E-state index in [0.29, 0.717) is 37.7 Å². The Bertz CT molecular complexity index is 3040. The Labute approximate surface area is 379 Å². The van der Waals surface area contributed by atoms with Crippen molar-refractivity contribution in [1.29, 1.82) is 0 Å². The maximum Gasteiger partial charge on any atom is 0.294 e. The van der Waals surface area contributed by atoms with Gasteiger partial charge in [-0.2, -0.15) is 29.8 Å². The van der Waals surface area contributed by atoms with Gasteiger partial charge < -0.3 is 4.90 Å². The third-order valence-electron chi connectivity index (χ3n) is 12.7. The lowest BCUT2D eigenvalue weighted by atomic mass is 9.79. The summed E-state index contributed by atoms with van der Waals surface area (Å²) in [6.45, 7) is 11.7. The van der Waals surface area contributed by atoms with Crippen molar-refractivity contribution < 1.29 is 58.1 Å². The van der Waals surface area contributed by atoms with Crippen molar-refractivity contribution in [2.45, 2.75) is 93.8 Å². The molecular formula is C46H53N2O12S4+. The van der Waals surface area contributed by atoms with Crippen LogP contribution in [0.2, 0.25) is 0 Å². The number of hydrogen-bond acceptors (Lipinski definition) is 11. The molecule has 0 atom stereocenters. The number of unbranched alkanes of at least 4 members (excludes halogenated alkanes) is 2. The Balaban J connectivity index is 1.23. The largest absolute Gasteiger partial charge is 0.344 e. The fourth-order valence-electron chi connectivity index (χ4n) is 9.63. The van der Waals surface area contributed by atoms with Crippen LogP contribution in [0.15, 0.2) is 117 Å². The highest BCUT2D eigenvalue weighted by Crippen LogP contribution is 2.51. The quantitative estimate of drug-likeness (QED) is 0.0194. The van der Waals surface area contributed by atoms with E-state index in [2.05, 4.69) is 83.8 Å². The van der Waals surface area contributed by atoms with Crippen molar-refractivity contribution >= 4 is 81.0 Å². The lowest BCUT2D eigenvalue weighted by Crippen LogP contribution is -2.28. The third kappa shape index (κ3) is 9.96. The average molecular weight is 954 g/mol. The molecule has 0 aromatic heterocycles. The van der Waals surface area contributed by atoms with E-state index >= 15 is 0 Å². The number of allylic oxidation sites excluding steroid dienone is 8. The summed E-state index contributed by atoms with van der Waals surface area (Å²) in [7, 11) is -12.6. The summed E-state index contributed by atoms with van der Waals surface area (Å²) in [5, 5.41) is 16.0. The van der Waals surface area contributed by atoms with E-state index in [4.69, 9.17) is 5.26 Å². The first-order valence-electron chi connectivity index (χ1n) is 20.9. The van der Waals surface area contributed by atoms with Gasteiger partial charge in [-0.25, -0.2) is 5.26 Å². The van der Waals surface area contributed by atoms with E-state index in [0.717, 1.165) is 91.0 Å². The van der Waals surface area contributed by atoms with E-state index in [1.807, 2.05) is 36.4 Å². The van der Waals surface area contributed by atoms with Crippen LogP contribution in [0.25, 0.3) is 21.5 Å². The van der Waals surface area contributed by atoms with Crippen molar-refractivity contribution in [2.24, 2.45) is 0 Å².